The first-order chi connectivity index (χ1) is 8.76. The van der Waals surface area contributed by atoms with Crippen molar-refractivity contribution < 1.29 is 14.3 Å². The van der Waals surface area contributed by atoms with Crippen LogP contribution in [0, 0.1) is 5.92 Å². The maximum atomic E-state index is 11.5. The Kier molecular flexibility index (Phi) is 11.0. The van der Waals surface area contributed by atoms with Crippen LogP contribution in [0.3, 0.4) is 0 Å². The monoisotopic (exact) mass is 274 g/mol. The molecule has 0 aromatic heterocycles. The second-order valence-electron chi connectivity index (χ2n) is 4.39. The van der Waals surface area contributed by atoms with Gasteiger partial charge in [-0.2, -0.15) is 0 Å². The van der Waals surface area contributed by atoms with Gasteiger partial charge in [-0.1, -0.05) is 51.3 Å². The molecular weight excluding hydrogens is 251 g/mol. The van der Waals surface area contributed by atoms with Crippen LogP contribution in [0.1, 0.15) is 39.5 Å². The van der Waals surface area contributed by atoms with Gasteiger partial charge in [0.15, 0.2) is 0 Å². The normalized spacial score (nSPS) is 11.3. The molecule has 102 valence electrons. The molecule has 4 heteroatoms. The number of para-hydroxylation sites is 1. The van der Waals surface area contributed by atoms with Crippen LogP contribution in [0.4, 0.5) is 4.79 Å². The van der Waals surface area contributed by atoms with Crippen LogP contribution in [0.2, 0.25) is 0 Å². The molecule has 1 aromatic carbocycles. The van der Waals surface area contributed by atoms with Gasteiger partial charge in [0.05, 0.1) is 6.61 Å². The molecule has 1 rings (SSSR count). The third-order valence-electron chi connectivity index (χ3n) is 2.92. The van der Waals surface area contributed by atoms with E-state index in [0.717, 1.165) is 12.8 Å². The Bertz CT molecular complexity index is 341. The molecule has 19 heavy (non-hydrogen) atoms. The van der Waals surface area contributed by atoms with Crippen molar-refractivity contribution in [1.29, 1.82) is 0 Å². The van der Waals surface area contributed by atoms with Crippen LogP contribution in [0.15, 0.2) is 30.3 Å². The molecule has 0 saturated heterocycles. The molecule has 1 unspecified atom stereocenters. The fourth-order valence-corrected chi connectivity index (χ4v) is 1.70. The maximum absolute atomic E-state index is 11.5. The van der Waals surface area contributed by atoms with Crippen molar-refractivity contribution in [3.63, 3.8) is 0 Å². The summed E-state index contributed by atoms with van der Waals surface area (Å²) in [4.78, 5) is 11.5. The molecule has 0 fully saturated rings. The molecule has 0 spiro atoms. The van der Waals surface area contributed by atoms with Crippen LogP contribution >= 0.6 is 0 Å². The standard InChI is InChI=1S/C15H22O3.Na.H/c1-3-5-9-13(4-2)12-17-15(16)18-14-10-7-6-8-11-14;;/h6-8,10-11,13H,3-5,9,12H2,1-2H3;;. The van der Waals surface area contributed by atoms with Crippen molar-refractivity contribution in [2.24, 2.45) is 5.92 Å². The van der Waals surface area contributed by atoms with Gasteiger partial charge in [0.2, 0.25) is 0 Å². The molecule has 0 aliphatic carbocycles. The Morgan fingerprint density at radius 3 is 2.47 bits per heavy atom. The van der Waals surface area contributed by atoms with Crippen LogP contribution < -0.4 is 4.74 Å². The Morgan fingerprint density at radius 2 is 1.89 bits per heavy atom. The van der Waals surface area contributed by atoms with Gasteiger partial charge in [0.25, 0.3) is 0 Å². The van der Waals surface area contributed by atoms with Crippen molar-refractivity contribution in [1.82, 2.24) is 0 Å². The number of carbonyl (C=O) groups is 1. The summed E-state index contributed by atoms with van der Waals surface area (Å²) in [5.41, 5.74) is 0. The van der Waals surface area contributed by atoms with Gasteiger partial charge < -0.3 is 9.47 Å². The number of carbonyl (C=O) groups excluding carboxylic acids is 1. The van der Waals surface area contributed by atoms with E-state index in [2.05, 4.69) is 13.8 Å². The third-order valence-corrected chi connectivity index (χ3v) is 2.92. The summed E-state index contributed by atoms with van der Waals surface area (Å²) >= 11 is 0. The molecule has 0 bridgehead atoms. The first kappa shape index (κ1) is 18.5. The van der Waals surface area contributed by atoms with Gasteiger partial charge in [0, 0.05) is 0 Å². The quantitative estimate of drug-likeness (QED) is 0.431. The van der Waals surface area contributed by atoms with Crippen molar-refractivity contribution in [2.75, 3.05) is 6.61 Å². The topological polar surface area (TPSA) is 35.5 Å². The summed E-state index contributed by atoms with van der Waals surface area (Å²) in [6.45, 7) is 4.73. The van der Waals surface area contributed by atoms with E-state index in [9.17, 15) is 4.79 Å². The molecule has 0 saturated carbocycles. The van der Waals surface area contributed by atoms with E-state index in [0.29, 0.717) is 18.3 Å². The van der Waals surface area contributed by atoms with Crippen molar-refractivity contribution in [3.05, 3.63) is 30.3 Å². The summed E-state index contributed by atoms with van der Waals surface area (Å²) in [5, 5.41) is 0. The molecule has 1 atom stereocenters. The van der Waals surface area contributed by atoms with E-state index in [1.54, 1.807) is 12.1 Å². The van der Waals surface area contributed by atoms with E-state index >= 15 is 0 Å². The molecule has 0 amide bonds. The molecule has 0 aliphatic heterocycles. The first-order valence-corrected chi connectivity index (χ1v) is 6.65. The molecule has 3 nitrogen and oxygen atoms in total. The number of hydrogen-bond donors (Lipinski definition) is 0. The molecular formula is C15H23NaO3. The van der Waals surface area contributed by atoms with Gasteiger partial charge in [0.1, 0.15) is 5.75 Å². The summed E-state index contributed by atoms with van der Waals surface area (Å²) < 4.78 is 10.2. The number of unbranched alkanes of at least 4 members (excludes halogenated alkanes) is 1. The molecule has 1 aromatic rings. The van der Waals surface area contributed by atoms with E-state index < -0.39 is 6.16 Å². The fourth-order valence-electron chi connectivity index (χ4n) is 1.70. The number of hydrogen-bond acceptors (Lipinski definition) is 3. The third kappa shape index (κ3) is 8.30. The summed E-state index contributed by atoms with van der Waals surface area (Å²) in [7, 11) is 0. The zero-order chi connectivity index (χ0) is 13.2. The Balaban J connectivity index is 0.00000324. The van der Waals surface area contributed by atoms with Gasteiger partial charge in [-0.15, -0.1) is 0 Å². The van der Waals surface area contributed by atoms with E-state index in [1.165, 1.54) is 12.8 Å². The minimum absolute atomic E-state index is 0. The SMILES string of the molecule is CCCCC(CC)COC(=O)Oc1ccccc1.[NaH]. The van der Waals surface area contributed by atoms with Crippen LogP contribution in [0.25, 0.3) is 0 Å². The van der Waals surface area contributed by atoms with Gasteiger partial charge in [-0.3, -0.25) is 0 Å². The van der Waals surface area contributed by atoms with Crippen LogP contribution in [-0.4, -0.2) is 42.3 Å². The summed E-state index contributed by atoms with van der Waals surface area (Å²) in [5.74, 6) is 0.956. The van der Waals surface area contributed by atoms with E-state index in [1.807, 2.05) is 18.2 Å². The summed E-state index contributed by atoms with van der Waals surface area (Å²) in [6, 6.07) is 8.97. The Hall–Kier alpha value is -0.510. The zero-order valence-electron chi connectivity index (χ0n) is 11.2. The Morgan fingerprint density at radius 1 is 1.21 bits per heavy atom. The number of rotatable bonds is 7. The Labute approximate surface area is 138 Å². The van der Waals surface area contributed by atoms with Gasteiger partial charge in [-0.05, 0) is 24.5 Å². The predicted molar refractivity (Wildman–Crippen MR) is 78.9 cm³/mol. The average Bonchev–Trinajstić information content (AvgIpc) is 2.40. The second kappa shape index (κ2) is 11.3. The average molecular weight is 274 g/mol. The zero-order valence-corrected chi connectivity index (χ0v) is 11.2. The van der Waals surface area contributed by atoms with E-state index in [4.69, 9.17) is 9.47 Å². The predicted octanol–water partition coefficient (Wildman–Crippen LogP) is 3.77. The van der Waals surface area contributed by atoms with Crippen molar-refractivity contribution >= 4 is 35.7 Å². The van der Waals surface area contributed by atoms with Crippen LogP contribution in [-0.2, 0) is 4.74 Å². The van der Waals surface area contributed by atoms with Gasteiger partial charge >= 0.3 is 35.7 Å². The fraction of sp³-hybridized carbons (Fsp3) is 0.533. The number of ether oxygens (including phenoxy) is 2. The van der Waals surface area contributed by atoms with E-state index in [-0.39, 0.29) is 29.6 Å². The van der Waals surface area contributed by atoms with Crippen molar-refractivity contribution in [3.8, 4) is 5.75 Å². The first-order valence-electron chi connectivity index (χ1n) is 6.65. The molecule has 0 radical (unpaired) electrons. The summed E-state index contributed by atoms with van der Waals surface area (Å²) in [6.07, 6.45) is 3.86. The van der Waals surface area contributed by atoms with Gasteiger partial charge in [-0.25, -0.2) is 4.79 Å². The number of benzene rings is 1. The van der Waals surface area contributed by atoms with Crippen molar-refractivity contribution in [2.45, 2.75) is 39.5 Å². The molecule has 0 N–H and O–H groups in total. The van der Waals surface area contributed by atoms with Crippen LogP contribution in [0.5, 0.6) is 5.75 Å². The molecule has 0 heterocycles. The second-order valence-corrected chi connectivity index (χ2v) is 4.39. The minimum atomic E-state index is -0.615. The molecule has 0 aliphatic rings.